The molecule has 2 aromatic carbocycles. The number of anilines is 1. The Balaban J connectivity index is 1.97. The van der Waals surface area contributed by atoms with E-state index in [9.17, 15) is 4.79 Å². The summed E-state index contributed by atoms with van der Waals surface area (Å²) in [5.41, 5.74) is 7.04. The molecule has 0 aliphatic carbocycles. The number of benzene rings is 2. The molecule has 0 aromatic heterocycles. The lowest BCUT2D eigenvalue weighted by atomic mass is 10.2. The summed E-state index contributed by atoms with van der Waals surface area (Å²) in [6, 6.07) is 12.5. The van der Waals surface area contributed by atoms with E-state index in [2.05, 4.69) is 21.2 Å². The van der Waals surface area contributed by atoms with Crippen molar-refractivity contribution in [3.63, 3.8) is 0 Å². The molecule has 0 aliphatic heterocycles. The quantitative estimate of drug-likeness (QED) is 0.846. The molecule has 1 amide bonds. The van der Waals surface area contributed by atoms with Gasteiger partial charge in [-0.25, -0.2) is 0 Å². The number of hydrogen-bond donors (Lipinski definition) is 2. The Morgan fingerprint density at radius 2 is 2.05 bits per heavy atom. The fourth-order valence-electron chi connectivity index (χ4n) is 1.74. The Kier molecular flexibility index (Phi) is 5.61. The summed E-state index contributed by atoms with van der Waals surface area (Å²) in [4.78, 5) is 11.9. The lowest BCUT2D eigenvalue weighted by molar-refractivity contribution is -0.118. The van der Waals surface area contributed by atoms with E-state index in [1.54, 1.807) is 30.3 Å². The molecule has 0 spiro atoms. The lowest BCUT2D eigenvalue weighted by Crippen LogP contribution is -2.20. The number of hydrogen-bond acceptors (Lipinski definition) is 3. The van der Waals surface area contributed by atoms with Gasteiger partial charge in [0.15, 0.2) is 6.61 Å². The first kappa shape index (κ1) is 15.8. The monoisotopic (exact) mass is 368 g/mol. The molecule has 0 aliphatic rings. The Hall–Kier alpha value is -1.56. The predicted molar refractivity (Wildman–Crippen MR) is 87.6 cm³/mol. The molecule has 0 heterocycles. The average molecular weight is 370 g/mol. The van der Waals surface area contributed by atoms with Crippen LogP contribution in [0.5, 0.6) is 5.75 Å². The zero-order valence-corrected chi connectivity index (χ0v) is 13.4. The van der Waals surface area contributed by atoms with Crippen LogP contribution < -0.4 is 15.8 Å². The van der Waals surface area contributed by atoms with Gasteiger partial charge in [0.2, 0.25) is 0 Å². The minimum atomic E-state index is -0.283. The van der Waals surface area contributed by atoms with Crippen molar-refractivity contribution in [2.45, 2.75) is 6.54 Å². The molecule has 4 nitrogen and oxygen atoms in total. The summed E-state index contributed by atoms with van der Waals surface area (Å²) < 4.78 is 6.41. The van der Waals surface area contributed by atoms with Crippen LogP contribution in [0.1, 0.15) is 5.56 Å². The largest absolute Gasteiger partial charge is 0.483 e. The normalized spacial score (nSPS) is 10.2. The standard InChI is InChI=1S/C15H14BrClN2O2/c16-11-5-6-14(10(7-11)8-18)21-9-15(20)19-13-4-2-1-3-12(13)17/h1-7H,8-9,18H2,(H,19,20). The van der Waals surface area contributed by atoms with Crippen LogP contribution in [0.2, 0.25) is 5.02 Å². The fourth-order valence-corrected chi connectivity index (χ4v) is 2.33. The van der Waals surface area contributed by atoms with Gasteiger partial charge in [0, 0.05) is 16.6 Å². The van der Waals surface area contributed by atoms with E-state index in [1.165, 1.54) is 0 Å². The van der Waals surface area contributed by atoms with Crippen molar-refractivity contribution in [3.05, 3.63) is 57.5 Å². The second-order valence-electron chi connectivity index (χ2n) is 4.27. The van der Waals surface area contributed by atoms with E-state index in [1.807, 2.05) is 12.1 Å². The first-order valence-electron chi connectivity index (χ1n) is 6.26. The highest BCUT2D eigenvalue weighted by atomic mass is 79.9. The number of carbonyl (C=O) groups is 1. The molecule has 110 valence electrons. The summed E-state index contributed by atoms with van der Waals surface area (Å²) in [5.74, 6) is 0.309. The molecule has 2 aromatic rings. The number of rotatable bonds is 5. The molecule has 0 fully saturated rings. The van der Waals surface area contributed by atoms with Gasteiger partial charge in [0.05, 0.1) is 10.7 Å². The second-order valence-corrected chi connectivity index (χ2v) is 5.60. The Morgan fingerprint density at radius 1 is 1.29 bits per heavy atom. The fraction of sp³-hybridized carbons (Fsp3) is 0.133. The molecule has 0 radical (unpaired) electrons. The van der Waals surface area contributed by atoms with Crippen LogP contribution in [0, 0.1) is 0 Å². The zero-order valence-electron chi connectivity index (χ0n) is 11.1. The SMILES string of the molecule is NCc1cc(Br)ccc1OCC(=O)Nc1ccccc1Cl. The van der Waals surface area contributed by atoms with E-state index < -0.39 is 0 Å². The number of carbonyl (C=O) groups excluding carboxylic acids is 1. The number of nitrogens with two attached hydrogens (primary N) is 1. The van der Waals surface area contributed by atoms with Crippen LogP contribution in [-0.2, 0) is 11.3 Å². The van der Waals surface area contributed by atoms with E-state index in [4.69, 9.17) is 22.1 Å². The van der Waals surface area contributed by atoms with Gasteiger partial charge in [0.25, 0.3) is 5.91 Å². The molecule has 2 rings (SSSR count). The number of nitrogens with one attached hydrogen (secondary N) is 1. The molecule has 0 bridgehead atoms. The van der Waals surface area contributed by atoms with Gasteiger partial charge in [-0.05, 0) is 30.3 Å². The molecular weight excluding hydrogens is 356 g/mol. The smallest absolute Gasteiger partial charge is 0.262 e. The predicted octanol–water partition coefficient (Wildman–Crippen LogP) is 3.58. The average Bonchev–Trinajstić information content (AvgIpc) is 2.48. The van der Waals surface area contributed by atoms with Crippen LogP contribution in [0.3, 0.4) is 0 Å². The lowest BCUT2D eigenvalue weighted by Gasteiger charge is -2.11. The van der Waals surface area contributed by atoms with Gasteiger partial charge in [-0.1, -0.05) is 39.7 Å². The van der Waals surface area contributed by atoms with Crippen molar-refractivity contribution in [1.82, 2.24) is 0 Å². The highest BCUT2D eigenvalue weighted by molar-refractivity contribution is 9.10. The van der Waals surface area contributed by atoms with Crippen LogP contribution in [0.25, 0.3) is 0 Å². The van der Waals surface area contributed by atoms with Gasteiger partial charge in [-0.2, -0.15) is 0 Å². The third-order valence-electron chi connectivity index (χ3n) is 2.75. The van der Waals surface area contributed by atoms with Crippen LogP contribution in [0.15, 0.2) is 46.9 Å². The van der Waals surface area contributed by atoms with E-state index >= 15 is 0 Å². The van der Waals surface area contributed by atoms with Gasteiger partial charge < -0.3 is 15.8 Å². The third kappa shape index (κ3) is 4.46. The number of ether oxygens (including phenoxy) is 1. The first-order chi connectivity index (χ1) is 10.1. The van der Waals surface area contributed by atoms with Gasteiger partial charge in [0.1, 0.15) is 5.75 Å². The Labute approximate surface area is 136 Å². The summed E-state index contributed by atoms with van der Waals surface area (Å²) >= 11 is 9.34. The van der Waals surface area contributed by atoms with Crippen molar-refractivity contribution in [1.29, 1.82) is 0 Å². The molecule has 21 heavy (non-hydrogen) atoms. The zero-order chi connectivity index (χ0) is 15.2. The molecule has 6 heteroatoms. The van der Waals surface area contributed by atoms with Crippen molar-refractivity contribution in [3.8, 4) is 5.75 Å². The molecule has 0 saturated heterocycles. The maximum atomic E-state index is 11.9. The summed E-state index contributed by atoms with van der Waals surface area (Å²) in [6.45, 7) is 0.223. The van der Waals surface area contributed by atoms with Crippen molar-refractivity contribution in [2.24, 2.45) is 5.73 Å². The summed E-state index contributed by atoms with van der Waals surface area (Å²) in [6.07, 6.45) is 0. The number of para-hydroxylation sites is 1. The highest BCUT2D eigenvalue weighted by Gasteiger charge is 2.08. The highest BCUT2D eigenvalue weighted by Crippen LogP contribution is 2.23. The molecular formula is C15H14BrClN2O2. The molecule has 0 unspecified atom stereocenters. The Bertz CT molecular complexity index is 649. The second kappa shape index (κ2) is 7.45. The minimum Gasteiger partial charge on any atom is -0.483 e. The maximum Gasteiger partial charge on any atom is 0.262 e. The number of halogens is 2. The van der Waals surface area contributed by atoms with Crippen LogP contribution in [-0.4, -0.2) is 12.5 Å². The van der Waals surface area contributed by atoms with Crippen molar-refractivity contribution < 1.29 is 9.53 Å². The molecule has 0 saturated carbocycles. The summed E-state index contributed by atoms with van der Waals surface area (Å²) in [5, 5.41) is 3.18. The van der Waals surface area contributed by atoms with Gasteiger partial charge in [-0.3, -0.25) is 4.79 Å². The first-order valence-corrected chi connectivity index (χ1v) is 7.43. The Morgan fingerprint density at radius 3 is 2.76 bits per heavy atom. The maximum absolute atomic E-state index is 11.9. The van der Waals surface area contributed by atoms with Crippen molar-refractivity contribution >= 4 is 39.1 Å². The van der Waals surface area contributed by atoms with Gasteiger partial charge >= 0.3 is 0 Å². The van der Waals surface area contributed by atoms with Crippen LogP contribution in [0.4, 0.5) is 5.69 Å². The van der Waals surface area contributed by atoms with Gasteiger partial charge in [-0.15, -0.1) is 0 Å². The minimum absolute atomic E-state index is 0.111. The molecule has 0 atom stereocenters. The van der Waals surface area contributed by atoms with Crippen LogP contribution >= 0.6 is 27.5 Å². The summed E-state index contributed by atoms with van der Waals surface area (Å²) in [7, 11) is 0. The molecule has 3 N–H and O–H groups in total. The van der Waals surface area contributed by atoms with E-state index in [-0.39, 0.29) is 12.5 Å². The topological polar surface area (TPSA) is 64.3 Å². The van der Waals surface area contributed by atoms with Crippen molar-refractivity contribution in [2.75, 3.05) is 11.9 Å². The van der Waals surface area contributed by atoms with E-state index in [0.29, 0.717) is 23.0 Å². The van der Waals surface area contributed by atoms with E-state index in [0.717, 1.165) is 10.0 Å². The number of amides is 1. The third-order valence-corrected chi connectivity index (χ3v) is 3.57.